The van der Waals surface area contributed by atoms with E-state index in [1.165, 1.54) is 24.3 Å². The minimum absolute atomic E-state index is 0.0953. The summed E-state index contributed by atoms with van der Waals surface area (Å²) in [4.78, 5) is 12.5. The third kappa shape index (κ3) is 2.78. The molecule has 0 spiro atoms. The Hall–Kier alpha value is -0.810. The first-order valence-electron chi connectivity index (χ1n) is 6.22. The predicted molar refractivity (Wildman–Crippen MR) is 79.8 cm³/mol. The molecule has 18 heavy (non-hydrogen) atoms. The van der Waals surface area contributed by atoms with Crippen LogP contribution in [0.25, 0.3) is 0 Å². The van der Waals surface area contributed by atoms with Gasteiger partial charge in [0, 0.05) is 22.4 Å². The van der Waals surface area contributed by atoms with Crippen LogP contribution in [-0.2, 0) is 4.79 Å². The van der Waals surface area contributed by atoms with Crippen molar-refractivity contribution >= 4 is 40.8 Å². The fraction of sp³-hybridized carbons (Fsp3) is 0.462. The summed E-state index contributed by atoms with van der Waals surface area (Å²) in [6.45, 7) is 0. The van der Waals surface area contributed by atoms with Gasteiger partial charge in [0.25, 0.3) is 0 Å². The van der Waals surface area contributed by atoms with Gasteiger partial charge >= 0.3 is 0 Å². The summed E-state index contributed by atoms with van der Waals surface area (Å²) < 4.78 is 0. The van der Waals surface area contributed by atoms with Crippen LogP contribution in [0.2, 0.25) is 0 Å². The van der Waals surface area contributed by atoms with Gasteiger partial charge in [-0.3, -0.25) is 4.79 Å². The Bertz CT molecular complexity index is 458. The number of hydrogen-bond donors (Lipinski definition) is 2. The Morgan fingerprint density at radius 3 is 3.17 bits per heavy atom. The Morgan fingerprint density at radius 2 is 2.33 bits per heavy atom. The molecule has 2 N–H and O–H groups in total. The number of thioether (sulfide) groups is 2. The highest BCUT2D eigenvalue weighted by Gasteiger charge is 2.17. The predicted octanol–water partition coefficient (Wildman–Crippen LogP) is 3.04. The Balaban J connectivity index is 1.73. The van der Waals surface area contributed by atoms with Gasteiger partial charge in [0.15, 0.2) is 0 Å². The smallest absolute Gasteiger partial charge is 0.234 e. The molecule has 1 saturated heterocycles. The number of fused-ring (bicyclic) bond motifs is 1. The maximum atomic E-state index is 11.4. The molecule has 2 aliphatic rings. The maximum Gasteiger partial charge on any atom is 0.234 e. The van der Waals surface area contributed by atoms with Crippen LogP contribution >= 0.6 is 23.5 Å². The molecule has 1 aromatic carbocycles. The van der Waals surface area contributed by atoms with Crippen molar-refractivity contribution in [2.24, 2.45) is 0 Å². The molecule has 0 aromatic heterocycles. The van der Waals surface area contributed by atoms with E-state index in [0.717, 1.165) is 16.3 Å². The van der Waals surface area contributed by atoms with Gasteiger partial charge < -0.3 is 10.6 Å². The third-order valence-electron chi connectivity index (χ3n) is 3.14. The van der Waals surface area contributed by atoms with E-state index in [0.29, 0.717) is 11.8 Å². The van der Waals surface area contributed by atoms with E-state index in [2.05, 4.69) is 28.8 Å². The average molecular weight is 280 g/mol. The van der Waals surface area contributed by atoms with Gasteiger partial charge in [-0.05, 0) is 36.8 Å². The summed E-state index contributed by atoms with van der Waals surface area (Å²) in [5.74, 6) is 3.09. The van der Waals surface area contributed by atoms with E-state index >= 15 is 0 Å². The van der Waals surface area contributed by atoms with Gasteiger partial charge in [-0.2, -0.15) is 11.8 Å². The van der Waals surface area contributed by atoms with Crippen LogP contribution in [0, 0.1) is 0 Å². The minimum atomic E-state index is 0.0953. The number of hydrogen-bond acceptors (Lipinski definition) is 4. The number of nitrogens with one attached hydrogen (secondary N) is 2. The molecule has 0 aliphatic carbocycles. The topological polar surface area (TPSA) is 41.1 Å². The SMILES string of the molecule is O=C1CSc2ccc(NC3CCCSC3)cc2N1. The molecule has 1 aromatic rings. The van der Waals surface area contributed by atoms with Crippen molar-refractivity contribution in [1.29, 1.82) is 0 Å². The fourth-order valence-electron chi connectivity index (χ4n) is 2.26. The van der Waals surface area contributed by atoms with Crippen molar-refractivity contribution in [2.45, 2.75) is 23.8 Å². The standard InChI is InChI=1S/C13H16N2OS2/c16-13-8-18-12-4-3-9(6-11(12)15-13)14-10-2-1-5-17-7-10/h3-4,6,10,14H,1-2,5,7-8H2,(H,15,16). The summed E-state index contributed by atoms with van der Waals surface area (Å²) in [6, 6.07) is 6.83. The zero-order valence-electron chi connectivity index (χ0n) is 10.1. The Morgan fingerprint density at radius 1 is 1.39 bits per heavy atom. The fourth-order valence-corrected chi connectivity index (χ4v) is 4.12. The Kier molecular flexibility index (Phi) is 3.70. The van der Waals surface area contributed by atoms with E-state index in [1.807, 2.05) is 11.8 Å². The van der Waals surface area contributed by atoms with E-state index in [1.54, 1.807) is 11.8 Å². The highest BCUT2D eigenvalue weighted by Crippen LogP contribution is 2.34. The van der Waals surface area contributed by atoms with Crippen molar-refractivity contribution in [3.8, 4) is 0 Å². The molecule has 1 amide bonds. The first-order valence-corrected chi connectivity index (χ1v) is 8.36. The van der Waals surface area contributed by atoms with Gasteiger partial charge in [0.1, 0.15) is 0 Å². The molecular formula is C13H16N2OS2. The third-order valence-corrected chi connectivity index (χ3v) is 5.43. The average Bonchev–Trinajstić information content (AvgIpc) is 2.39. The normalized spacial score (nSPS) is 23.1. The number of carbonyl (C=O) groups excluding carboxylic acids is 1. The molecule has 2 aliphatic heterocycles. The zero-order valence-corrected chi connectivity index (χ0v) is 11.7. The van der Waals surface area contributed by atoms with Crippen LogP contribution in [-0.4, -0.2) is 29.2 Å². The van der Waals surface area contributed by atoms with Crippen LogP contribution in [0.3, 0.4) is 0 Å². The second-order valence-electron chi connectivity index (χ2n) is 4.61. The van der Waals surface area contributed by atoms with E-state index in [-0.39, 0.29) is 5.91 Å². The summed E-state index contributed by atoms with van der Waals surface area (Å²) in [7, 11) is 0. The summed E-state index contributed by atoms with van der Waals surface area (Å²) in [5.41, 5.74) is 2.06. The summed E-state index contributed by atoms with van der Waals surface area (Å²) in [6.07, 6.45) is 2.53. The lowest BCUT2D eigenvalue weighted by atomic mass is 10.1. The van der Waals surface area contributed by atoms with Crippen LogP contribution in [0.5, 0.6) is 0 Å². The molecule has 0 saturated carbocycles. The second-order valence-corrected chi connectivity index (χ2v) is 6.77. The van der Waals surface area contributed by atoms with E-state index in [4.69, 9.17) is 0 Å². The number of carbonyl (C=O) groups is 1. The molecule has 5 heteroatoms. The van der Waals surface area contributed by atoms with Crippen molar-refractivity contribution in [2.75, 3.05) is 27.9 Å². The molecule has 1 unspecified atom stereocenters. The maximum absolute atomic E-state index is 11.4. The summed E-state index contributed by atoms with van der Waals surface area (Å²) in [5, 5.41) is 6.50. The highest BCUT2D eigenvalue weighted by molar-refractivity contribution is 8.00. The molecule has 3 rings (SSSR count). The highest BCUT2D eigenvalue weighted by atomic mass is 32.2. The monoisotopic (exact) mass is 280 g/mol. The number of rotatable bonds is 2. The molecule has 96 valence electrons. The quantitative estimate of drug-likeness (QED) is 0.873. The largest absolute Gasteiger partial charge is 0.381 e. The van der Waals surface area contributed by atoms with Crippen molar-refractivity contribution in [3.63, 3.8) is 0 Å². The lowest BCUT2D eigenvalue weighted by Crippen LogP contribution is -2.26. The number of amides is 1. The number of anilines is 2. The minimum Gasteiger partial charge on any atom is -0.381 e. The first-order chi connectivity index (χ1) is 8.81. The lowest BCUT2D eigenvalue weighted by Gasteiger charge is -2.24. The van der Waals surface area contributed by atoms with Gasteiger partial charge in [-0.15, -0.1) is 11.8 Å². The van der Waals surface area contributed by atoms with Crippen molar-refractivity contribution < 1.29 is 4.79 Å². The van der Waals surface area contributed by atoms with Crippen LogP contribution < -0.4 is 10.6 Å². The molecular weight excluding hydrogens is 264 g/mol. The van der Waals surface area contributed by atoms with Gasteiger partial charge in [-0.25, -0.2) is 0 Å². The van der Waals surface area contributed by atoms with Crippen molar-refractivity contribution in [3.05, 3.63) is 18.2 Å². The molecule has 1 atom stereocenters. The molecule has 1 fully saturated rings. The van der Waals surface area contributed by atoms with Crippen LogP contribution in [0.4, 0.5) is 11.4 Å². The van der Waals surface area contributed by atoms with Crippen LogP contribution in [0.15, 0.2) is 23.1 Å². The second kappa shape index (κ2) is 5.45. The number of benzene rings is 1. The van der Waals surface area contributed by atoms with Crippen molar-refractivity contribution in [1.82, 2.24) is 0 Å². The molecule has 3 nitrogen and oxygen atoms in total. The van der Waals surface area contributed by atoms with Gasteiger partial charge in [-0.1, -0.05) is 0 Å². The zero-order chi connectivity index (χ0) is 12.4. The Labute approximate surface area is 115 Å². The van der Waals surface area contributed by atoms with E-state index < -0.39 is 0 Å². The first kappa shape index (κ1) is 12.2. The van der Waals surface area contributed by atoms with Gasteiger partial charge in [0.05, 0.1) is 11.4 Å². The molecule has 2 heterocycles. The molecule has 0 radical (unpaired) electrons. The van der Waals surface area contributed by atoms with E-state index in [9.17, 15) is 4.79 Å². The van der Waals surface area contributed by atoms with Crippen LogP contribution in [0.1, 0.15) is 12.8 Å². The lowest BCUT2D eigenvalue weighted by molar-refractivity contribution is -0.113. The molecule has 0 bridgehead atoms. The van der Waals surface area contributed by atoms with Gasteiger partial charge in [0.2, 0.25) is 5.91 Å². The summed E-state index contributed by atoms with van der Waals surface area (Å²) >= 11 is 3.62.